The fraction of sp³-hybridized carbons (Fsp3) is 0.800. The topological polar surface area (TPSA) is 18.5 Å². The van der Waals surface area contributed by atoms with Crippen molar-refractivity contribution in [2.45, 2.75) is 39.4 Å². The van der Waals surface area contributed by atoms with Crippen molar-refractivity contribution in [2.24, 2.45) is 0 Å². The van der Waals surface area contributed by atoms with Gasteiger partial charge in [-0.25, -0.2) is 0 Å². The van der Waals surface area contributed by atoms with Crippen LogP contribution >= 0.6 is 0 Å². The summed E-state index contributed by atoms with van der Waals surface area (Å²) in [6.07, 6.45) is 7.25. The maximum Gasteiger partial charge on any atom is 0.156 e. The summed E-state index contributed by atoms with van der Waals surface area (Å²) < 4.78 is 10.5. The fourth-order valence-corrected chi connectivity index (χ4v) is 0.905. The molecule has 0 aliphatic heterocycles. The van der Waals surface area contributed by atoms with Crippen molar-refractivity contribution in [2.75, 3.05) is 13.7 Å². The molecule has 0 unspecified atom stereocenters. The molecule has 12 heavy (non-hydrogen) atoms. The first kappa shape index (κ1) is 11.7. The molecular weight excluding hydrogens is 152 g/mol. The average molecular weight is 172 g/mol. The fourth-order valence-electron chi connectivity index (χ4n) is 0.905. The van der Waals surface area contributed by atoms with Crippen molar-refractivity contribution in [1.29, 1.82) is 0 Å². The van der Waals surface area contributed by atoms with E-state index in [1.54, 1.807) is 7.11 Å². The highest BCUT2D eigenvalue weighted by atomic mass is 16.7. The van der Waals surface area contributed by atoms with Crippen LogP contribution in [0.25, 0.3) is 0 Å². The Morgan fingerprint density at radius 2 is 2.00 bits per heavy atom. The SMILES string of the molecule is CC/C=C/CCO[C@H](CC)OC. The van der Waals surface area contributed by atoms with Crippen molar-refractivity contribution in [3.8, 4) is 0 Å². The van der Waals surface area contributed by atoms with Gasteiger partial charge < -0.3 is 9.47 Å². The normalized spacial score (nSPS) is 13.9. The minimum atomic E-state index is -0.0278. The first-order chi connectivity index (χ1) is 5.85. The maximum atomic E-state index is 5.41. The molecule has 0 fully saturated rings. The standard InChI is InChI=1S/C10H20O2/c1-4-6-7-8-9-12-10(5-2)11-3/h6-7,10H,4-5,8-9H2,1-3H3/b7-6+/t10-/m1/s1. The highest BCUT2D eigenvalue weighted by Gasteiger charge is 2.01. The Hall–Kier alpha value is -0.340. The second-order valence-corrected chi connectivity index (χ2v) is 2.61. The van der Waals surface area contributed by atoms with Crippen LogP contribution in [0.3, 0.4) is 0 Å². The van der Waals surface area contributed by atoms with Crippen LogP contribution in [0.1, 0.15) is 33.1 Å². The summed E-state index contributed by atoms with van der Waals surface area (Å²) in [5, 5.41) is 0. The van der Waals surface area contributed by atoms with Crippen molar-refractivity contribution < 1.29 is 9.47 Å². The largest absolute Gasteiger partial charge is 0.356 e. The smallest absolute Gasteiger partial charge is 0.156 e. The second kappa shape index (κ2) is 8.75. The third-order valence-electron chi connectivity index (χ3n) is 1.59. The van der Waals surface area contributed by atoms with Gasteiger partial charge in [-0.2, -0.15) is 0 Å². The molecule has 0 aliphatic rings. The van der Waals surface area contributed by atoms with Gasteiger partial charge in [0.25, 0.3) is 0 Å². The Balaban J connectivity index is 3.23. The van der Waals surface area contributed by atoms with Crippen molar-refractivity contribution >= 4 is 0 Å². The number of rotatable bonds is 7. The molecule has 72 valence electrons. The molecule has 0 N–H and O–H groups in total. The number of ether oxygens (including phenoxy) is 2. The second-order valence-electron chi connectivity index (χ2n) is 2.61. The van der Waals surface area contributed by atoms with E-state index in [1.165, 1.54) is 0 Å². The third kappa shape index (κ3) is 6.38. The van der Waals surface area contributed by atoms with Gasteiger partial charge >= 0.3 is 0 Å². The van der Waals surface area contributed by atoms with E-state index >= 15 is 0 Å². The number of allylic oxidation sites excluding steroid dienone is 1. The van der Waals surface area contributed by atoms with Gasteiger partial charge in [-0.3, -0.25) is 0 Å². The van der Waals surface area contributed by atoms with Crippen LogP contribution in [-0.2, 0) is 9.47 Å². The third-order valence-corrected chi connectivity index (χ3v) is 1.59. The highest BCUT2D eigenvalue weighted by molar-refractivity contribution is 4.79. The Morgan fingerprint density at radius 3 is 2.50 bits per heavy atom. The summed E-state index contributed by atoms with van der Waals surface area (Å²) in [7, 11) is 1.68. The van der Waals surface area contributed by atoms with E-state index in [0.29, 0.717) is 0 Å². The summed E-state index contributed by atoms with van der Waals surface area (Å²) in [6, 6.07) is 0. The first-order valence-corrected chi connectivity index (χ1v) is 4.64. The van der Waals surface area contributed by atoms with Crippen LogP contribution in [0.4, 0.5) is 0 Å². The zero-order valence-electron chi connectivity index (χ0n) is 8.38. The Labute approximate surface area is 75.6 Å². The first-order valence-electron chi connectivity index (χ1n) is 4.64. The lowest BCUT2D eigenvalue weighted by Gasteiger charge is -2.12. The van der Waals surface area contributed by atoms with Crippen LogP contribution in [0.15, 0.2) is 12.2 Å². The maximum absolute atomic E-state index is 5.41. The molecule has 2 nitrogen and oxygen atoms in total. The van der Waals surface area contributed by atoms with Gasteiger partial charge in [0.1, 0.15) is 0 Å². The van der Waals surface area contributed by atoms with Crippen LogP contribution in [-0.4, -0.2) is 20.0 Å². The number of hydrogen-bond donors (Lipinski definition) is 0. The molecule has 0 amide bonds. The predicted octanol–water partition coefficient (Wildman–Crippen LogP) is 2.74. The molecular formula is C10H20O2. The minimum absolute atomic E-state index is 0.0278. The number of methoxy groups -OCH3 is 1. The average Bonchev–Trinajstić information content (AvgIpc) is 2.11. The zero-order valence-corrected chi connectivity index (χ0v) is 8.38. The predicted molar refractivity (Wildman–Crippen MR) is 51.1 cm³/mol. The van der Waals surface area contributed by atoms with Crippen molar-refractivity contribution in [3.63, 3.8) is 0 Å². The van der Waals surface area contributed by atoms with Gasteiger partial charge in [0.2, 0.25) is 0 Å². The van der Waals surface area contributed by atoms with Gasteiger partial charge in [0.05, 0.1) is 6.61 Å². The van der Waals surface area contributed by atoms with Gasteiger partial charge in [0.15, 0.2) is 6.29 Å². The van der Waals surface area contributed by atoms with E-state index in [-0.39, 0.29) is 6.29 Å². The molecule has 0 saturated carbocycles. The molecule has 0 heterocycles. The van der Waals surface area contributed by atoms with E-state index in [9.17, 15) is 0 Å². The van der Waals surface area contributed by atoms with Gasteiger partial charge in [0, 0.05) is 7.11 Å². The lowest BCUT2D eigenvalue weighted by molar-refractivity contribution is -0.123. The summed E-state index contributed by atoms with van der Waals surface area (Å²) >= 11 is 0. The van der Waals surface area contributed by atoms with Crippen LogP contribution in [0.5, 0.6) is 0 Å². The van der Waals surface area contributed by atoms with Crippen molar-refractivity contribution in [3.05, 3.63) is 12.2 Å². The van der Waals surface area contributed by atoms with E-state index in [2.05, 4.69) is 26.0 Å². The molecule has 0 spiro atoms. The molecule has 0 aromatic rings. The molecule has 2 heteroatoms. The van der Waals surface area contributed by atoms with Gasteiger partial charge in [-0.1, -0.05) is 26.0 Å². The summed E-state index contributed by atoms with van der Waals surface area (Å²) in [5.74, 6) is 0. The van der Waals surface area contributed by atoms with Crippen LogP contribution in [0.2, 0.25) is 0 Å². The molecule has 0 radical (unpaired) electrons. The zero-order chi connectivity index (χ0) is 9.23. The Bertz CT molecular complexity index is 106. The van der Waals surface area contributed by atoms with Crippen molar-refractivity contribution in [1.82, 2.24) is 0 Å². The summed E-state index contributed by atoms with van der Waals surface area (Å²) in [6.45, 7) is 4.93. The molecule has 1 atom stereocenters. The van der Waals surface area contributed by atoms with E-state index in [0.717, 1.165) is 25.9 Å². The quantitative estimate of drug-likeness (QED) is 0.334. The molecule has 0 aromatic carbocycles. The summed E-state index contributed by atoms with van der Waals surface area (Å²) in [5.41, 5.74) is 0. The lowest BCUT2D eigenvalue weighted by Crippen LogP contribution is -2.14. The van der Waals surface area contributed by atoms with Crippen LogP contribution < -0.4 is 0 Å². The highest BCUT2D eigenvalue weighted by Crippen LogP contribution is 1.99. The Morgan fingerprint density at radius 1 is 1.25 bits per heavy atom. The monoisotopic (exact) mass is 172 g/mol. The molecule has 0 saturated heterocycles. The molecule has 0 aromatic heterocycles. The molecule has 0 rings (SSSR count). The summed E-state index contributed by atoms with van der Waals surface area (Å²) in [4.78, 5) is 0. The van der Waals surface area contributed by atoms with E-state index in [1.807, 2.05) is 0 Å². The molecule has 0 bridgehead atoms. The Kier molecular flexibility index (Phi) is 8.51. The van der Waals surface area contributed by atoms with Crippen LogP contribution in [0, 0.1) is 0 Å². The minimum Gasteiger partial charge on any atom is -0.356 e. The lowest BCUT2D eigenvalue weighted by atomic mass is 10.3. The number of hydrogen-bond acceptors (Lipinski definition) is 2. The van der Waals surface area contributed by atoms with E-state index < -0.39 is 0 Å². The van der Waals surface area contributed by atoms with Gasteiger partial charge in [-0.05, 0) is 19.3 Å². The molecule has 0 aliphatic carbocycles. The van der Waals surface area contributed by atoms with Gasteiger partial charge in [-0.15, -0.1) is 0 Å². The van der Waals surface area contributed by atoms with E-state index in [4.69, 9.17) is 9.47 Å².